The maximum atomic E-state index is 12.8. The minimum absolute atomic E-state index is 0.0482. The van der Waals surface area contributed by atoms with Gasteiger partial charge in [0.15, 0.2) is 9.84 Å². The largest absolute Gasteiger partial charge is 0.468 e. The van der Waals surface area contributed by atoms with Gasteiger partial charge in [-0.25, -0.2) is 8.42 Å². The molecule has 25 heavy (non-hydrogen) atoms. The third kappa shape index (κ3) is 6.63. The fourth-order valence-corrected chi connectivity index (χ4v) is 4.40. The van der Waals surface area contributed by atoms with Gasteiger partial charge in [-0.15, -0.1) is 0 Å². The fraction of sp³-hybridized carbons (Fsp3) is 0.556. The van der Waals surface area contributed by atoms with Crippen LogP contribution in [0.25, 0.3) is 0 Å². The summed E-state index contributed by atoms with van der Waals surface area (Å²) in [5.41, 5.74) is 1.17. The van der Waals surface area contributed by atoms with Gasteiger partial charge >= 0.3 is 0 Å². The fourth-order valence-electron chi connectivity index (χ4n) is 2.23. The Balaban J connectivity index is 2.90. The lowest BCUT2D eigenvalue weighted by Gasteiger charge is -2.26. The number of benzene rings is 1. The van der Waals surface area contributed by atoms with Crippen molar-refractivity contribution in [3.05, 3.63) is 35.4 Å². The molecule has 0 radical (unpaired) electrons. The molecule has 0 amide bonds. The van der Waals surface area contributed by atoms with Gasteiger partial charge in [0, 0.05) is 6.04 Å². The van der Waals surface area contributed by atoms with Crippen molar-refractivity contribution in [2.75, 3.05) is 5.75 Å². The molecule has 2 unspecified atom stereocenters. The molecule has 1 rings (SSSR count). The van der Waals surface area contributed by atoms with Crippen LogP contribution >= 0.6 is 12.2 Å². The Bertz CT molecular complexity index is 720. The van der Waals surface area contributed by atoms with Crippen molar-refractivity contribution in [3.8, 4) is 6.07 Å². The first-order valence-corrected chi connectivity index (χ1v) is 10.4. The summed E-state index contributed by atoms with van der Waals surface area (Å²) < 4.78 is 31.0. The van der Waals surface area contributed by atoms with Crippen LogP contribution in [0.1, 0.15) is 51.0 Å². The SMILES string of the molecule is CC(C)OC(=S)NC(CS(=O)(=O)C(C)c1ccc(C#N)cc1)C(C)C. The van der Waals surface area contributed by atoms with Crippen LogP contribution in [0.3, 0.4) is 0 Å². The lowest BCUT2D eigenvalue weighted by atomic mass is 10.1. The summed E-state index contributed by atoms with van der Waals surface area (Å²) in [6.07, 6.45) is -0.0676. The van der Waals surface area contributed by atoms with E-state index >= 15 is 0 Å². The molecule has 0 aliphatic heterocycles. The van der Waals surface area contributed by atoms with Crippen LogP contribution in [-0.2, 0) is 14.6 Å². The number of sulfone groups is 1. The van der Waals surface area contributed by atoms with E-state index in [1.165, 1.54) is 0 Å². The first kappa shape index (κ1) is 21.4. The highest BCUT2D eigenvalue weighted by atomic mass is 32.2. The number of hydrogen-bond acceptors (Lipinski definition) is 5. The zero-order chi connectivity index (χ0) is 19.2. The molecule has 0 saturated heterocycles. The van der Waals surface area contributed by atoms with E-state index in [9.17, 15) is 8.42 Å². The number of thiocarbonyl (C=S) groups is 1. The molecule has 5 nitrogen and oxygen atoms in total. The van der Waals surface area contributed by atoms with E-state index in [2.05, 4.69) is 5.32 Å². The lowest BCUT2D eigenvalue weighted by molar-refractivity contribution is 0.219. The quantitative estimate of drug-likeness (QED) is 0.729. The zero-order valence-electron chi connectivity index (χ0n) is 15.3. The van der Waals surface area contributed by atoms with Gasteiger partial charge in [-0.1, -0.05) is 26.0 Å². The summed E-state index contributed by atoms with van der Waals surface area (Å²) in [7, 11) is -3.41. The molecule has 138 valence electrons. The van der Waals surface area contributed by atoms with E-state index in [0.29, 0.717) is 11.1 Å². The molecule has 0 spiro atoms. The van der Waals surface area contributed by atoms with Crippen LogP contribution in [-0.4, -0.2) is 31.5 Å². The molecule has 1 aromatic rings. The van der Waals surface area contributed by atoms with Gasteiger partial charge in [0.1, 0.15) is 0 Å². The van der Waals surface area contributed by atoms with E-state index < -0.39 is 15.1 Å². The van der Waals surface area contributed by atoms with E-state index in [4.69, 9.17) is 22.2 Å². The number of nitriles is 1. The van der Waals surface area contributed by atoms with Crippen molar-refractivity contribution in [2.24, 2.45) is 5.92 Å². The summed E-state index contributed by atoms with van der Waals surface area (Å²) in [5.74, 6) is 0.0182. The molecule has 0 fully saturated rings. The molecule has 0 aliphatic rings. The number of nitrogens with one attached hydrogen (secondary N) is 1. The van der Waals surface area contributed by atoms with Crippen molar-refractivity contribution in [2.45, 2.75) is 52.0 Å². The van der Waals surface area contributed by atoms with Gasteiger partial charge in [0.05, 0.1) is 28.7 Å². The Kier molecular flexibility index (Phi) is 7.84. The standard InChI is InChI=1S/C18H26N2O3S2/c1-12(2)17(20-18(24)23-13(3)4)11-25(21,22)14(5)16-8-6-15(10-19)7-9-16/h6-9,12-14,17H,11H2,1-5H3,(H,20,24). The van der Waals surface area contributed by atoms with Crippen molar-refractivity contribution in [3.63, 3.8) is 0 Å². The Morgan fingerprint density at radius 2 is 1.76 bits per heavy atom. The van der Waals surface area contributed by atoms with Crippen LogP contribution < -0.4 is 5.32 Å². The second kappa shape index (κ2) is 9.16. The van der Waals surface area contributed by atoms with Gasteiger partial charge in [-0.05, 0) is 56.6 Å². The normalized spacial score (nSPS) is 14.0. The maximum Gasteiger partial charge on any atom is 0.257 e. The Hall–Kier alpha value is -1.65. The van der Waals surface area contributed by atoms with Gasteiger partial charge in [-0.2, -0.15) is 5.26 Å². The number of ether oxygens (including phenoxy) is 1. The highest BCUT2D eigenvalue weighted by molar-refractivity contribution is 7.91. The first-order valence-electron chi connectivity index (χ1n) is 8.25. The molecule has 1 N–H and O–H groups in total. The Morgan fingerprint density at radius 3 is 2.20 bits per heavy atom. The van der Waals surface area contributed by atoms with Crippen molar-refractivity contribution >= 4 is 27.2 Å². The van der Waals surface area contributed by atoms with Crippen molar-refractivity contribution < 1.29 is 13.2 Å². The molecule has 0 aliphatic carbocycles. The van der Waals surface area contributed by atoms with E-state index in [0.717, 1.165) is 0 Å². The highest BCUT2D eigenvalue weighted by Gasteiger charge is 2.29. The summed E-state index contributed by atoms with van der Waals surface area (Å²) in [5, 5.41) is 11.4. The van der Waals surface area contributed by atoms with Crippen LogP contribution in [0.4, 0.5) is 0 Å². The molecule has 0 bridgehead atoms. The maximum absolute atomic E-state index is 12.8. The van der Waals surface area contributed by atoms with Crippen LogP contribution in [0.15, 0.2) is 24.3 Å². The molecule has 7 heteroatoms. The van der Waals surface area contributed by atoms with Gasteiger partial charge in [-0.3, -0.25) is 0 Å². The minimum atomic E-state index is -3.41. The average molecular weight is 383 g/mol. The van der Waals surface area contributed by atoms with Crippen molar-refractivity contribution in [1.29, 1.82) is 5.26 Å². The molecular formula is C18H26N2O3S2. The minimum Gasteiger partial charge on any atom is -0.468 e. The third-order valence-electron chi connectivity index (χ3n) is 3.91. The van der Waals surface area contributed by atoms with E-state index in [1.807, 2.05) is 33.8 Å². The Morgan fingerprint density at radius 1 is 1.20 bits per heavy atom. The molecule has 1 aromatic carbocycles. The molecule has 2 atom stereocenters. The number of rotatable bonds is 7. The summed E-state index contributed by atoms with van der Waals surface area (Å²) in [6.45, 7) is 9.27. The van der Waals surface area contributed by atoms with E-state index in [-0.39, 0.29) is 29.0 Å². The highest BCUT2D eigenvalue weighted by Crippen LogP contribution is 2.24. The van der Waals surface area contributed by atoms with Gasteiger partial charge in [0.25, 0.3) is 5.17 Å². The Labute approximate surface area is 156 Å². The molecular weight excluding hydrogens is 356 g/mol. The smallest absolute Gasteiger partial charge is 0.257 e. The van der Waals surface area contributed by atoms with Gasteiger partial charge < -0.3 is 10.1 Å². The van der Waals surface area contributed by atoms with Gasteiger partial charge in [0.2, 0.25) is 0 Å². The summed E-state index contributed by atoms with van der Waals surface area (Å²) in [4.78, 5) is 0. The van der Waals surface area contributed by atoms with Crippen LogP contribution in [0.5, 0.6) is 0 Å². The number of nitrogens with zero attached hydrogens (tertiary/aromatic N) is 1. The predicted molar refractivity (Wildman–Crippen MR) is 104 cm³/mol. The molecule has 0 aromatic heterocycles. The van der Waals surface area contributed by atoms with Crippen LogP contribution in [0.2, 0.25) is 0 Å². The zero-order valence-corrected chi connectivity index (χ0v) is 16.9. The third-order valence-corrected chi connectivity index (χ3v) is 6.30. The summed E-state index contributed by atoms with van der Waals surface area (Å²) in [6, 6.07) is 8.32. The van der Waals surface area contributed by atoms with E-state index in [1.54, 1.807) is 31.2 Å². The van der Waals surface area contributed by atoms with Crippen LogP contribution in [0, 0.1) is 17.2 Å². The second-order valence-electron chi connectivity index (χ2n) is 6.65. The average Bonchev–Trinajstić information content (AvgIpc) is 2.52. The molecule has 0 heterocycles. The van der Waals surface area contributed by atoms with Crippen molar-refractivity contribution in [1.82, 2.24) is 5.32 Å². The number of hydrogen-bond donors (Lipinski definition) is 1. The first-order chi connectivity index (χ1) is 11.6. The topological polar surface area (TPSA) is 79.2 Å². The lowest BCUT2D eigenvalue weighted by Crippen LogP contribution is -2.44. The molecule has 0 saturated carbocycles. The summed E-state index contributed by atoms with van der Waals surface area (Å²) >= 11 is 5.14. The monoisotopic (exact) mass is 382 g/mol. The predicted octanol–water partition coefficient (Wildman–Crippen LogP) is 3.36. The second-order valence-corrected chi connectivity index (χ2v) is 9.39.